The number of carbonyl (C=O) groups is 2. The Morgan fingerprint density at radius 3 is 2.33 bits per heavy atom. The van der Waals surface area contributed by atoms with Crippen molar-refractivity contribution in [2.75, 3.05) is 18.0 Å². The van der Waals surface area contributed by atoms with Gasteiger partial charge < -0.3 is 15.0 Å². The molecule has 0 bridgehead atoms. The monoisotopic (exact) mass is 750 g/mol. The number of aryl methyl sites for hydroxylation is 1. The minimum atomic E-state index is -4.72. The number of amides is 2. The van der Waals surface area contributed by atoms with Gasteiger partial charge in [0.1, 0.15) is 24.2 Å². The van der Waals surface area contributed by atoms with Crippen LogP contribution in [0.1, 0.15) is 48.8 Å². The standard InChI is InChI=1S/C38H40ClFN4O7S/c1-26-13-19-32(23-33(26)44(47)48)52(49,50)43(34-22-29(39)16-20-36(34)51-2)25-37(45)42(24-28-14-17-30(40)18-15-28)35(21-27-9-5-3-6-10-27)38(46)41-31-11-7-4-8-12-31/h3,5-6,9-10,13-20,22-23,31,35H,4,7-8,11-12,21,24-25H2,1-2H3,(H,41,46)/t35-/m1/s1. The van der Waals surface area contributed by atoms with E-state index in [0.717, 1.165) is 48.0 Å². The van der Waals surface area contributed by atoms with Crippen LogP contribution in [0.25, 0.3) is 0 Å². The molecule has 11 nitrogen and oxygen atoms in total. The Kier molecular flexibility index (Phi) is 12.5. The molecule has 0 saturated heterocycles. The zero-order valence-corrected chi connectivity index (χ0v) is 30.4. The number of sulfonamides is 1. The normalized spacial score (nSPS) is 13.9. The summed E-state index contributed by atoms with van der Waals surface area (Å²) in [4.78, 5) is 41.0. The Hall–Kier alpha value is -5.01. The van der Waals surface area contributed by atoms with E-state index in [4.69, 9.17) is 16.3 Å². The predicted octanol–water partition coefficient (Wildman–Crippen LogP) is 6.99. The van der Waals surface area contributed by atoms with Gasteiger partial charge in [0.05, 0.1) is 22.6 Å². The van der Waals surface area contributed by atoms with Gasteiger partial charge in [-0.05, 0) is 67.3 Å². The van der Waals surface area contributed by atoms with Gasteiger partial charge in [-0.25, -0.2) is 12.8 Å². The maximum Gasteiger partial charge on any atom is 0.273 e. The molecular formula is C38H40ClFN4O7S. The Labute approximate surface area is 307 Å². The SMILES string of the molecule is COc1ccc(Cl)cc1N(CC(=O)N(Cc1ccc(F)cc1)[C@H](Cc1ccccc1)C(=O)NC1CCCCC1)S(=O)(=O)c1ccc(C)c([N+](=O)[O-])c1. The van der Waals surface area contributed by atoms with E-state index >= 15 is 0 Å². The topological polar surface area (TPSA) is 139 Å². The molecule has 0 aromatic heterocycles. The molecular weight excluding hydrogens is 711 g/mol. The number of anilines is 1. The number of methoxy groups -OCH3 is 1. The first-order valence-corrected chi connectivity index (χ1v) is 18.7. The van der Waals surface area contributed by atoms with Crippen molar-refractivity contribution in [3.8, 4) is 5.75 Å². The maximum absolute atomic E-state index is 14.8. The predicted molar refractivity (Wildman–Crippen MR) is 196 cm³/mol. The molecule has 0 heterocycles. The largest absolute Gasteiger partial charge is 0.495 e. The lowest BCUT2D eigenvalue weighted by molar-refractivity contribution is -0.385. The molecule has 52 heavy (non-hydrogen) atoms. The van der Waals surface area contributed by atoms with Crippen LogP contribution in [0, 0.1) is 22.9 Å². The van der Waals surface area contributed by atoms with Crippen molar-refractivity contribution in [2.45, 2.75) is 69.0 Å². The van der Waals surface area contributed by atoms with E-state index < -0.39 is 55.7 Å². The summed E-state index contributed by atoms with van der Waals surface area (Å²) < 4.78 is 49.3. The fourth-order valence-electron chi connectivity index (χ4n) is 6.33. The third kappa shape index (κ3) is 9.25. The van der Waals surface area contributed by atoms with Crippen molar-refractivity contribution >= 4 is 44.8 Å². The summed E-state index contributed by atoms with van der Waals surface area (Å²) in [6, 6.07) is 21.1. The quantitative estimate of drug-likeness (QED) is 0.108. The maximum atomic E-state index is 14.8. The molecule has 2 amide bonds. The molecule has 274 valence electrons. The smallest absolute Gasteiger partial charge is 0.273 e. The molecule has 0 unspecified atom stereocenters. The lowest BCUT2D eigenvalue weighted by atomic mass is 9.94. The first kappa shape index (κ1) is 38.2. The van der Waals surface area contributed by atoms with Crippen molar-refractivity contribution < 1.29 is 32.1 Å². The van der Waals surface area contributed by atoms with Gasteiger partial charge in [0.25, 0.3) is 15.7 Å². The van der Waals surface area contributed by atoms with E-state index in [1.807, 2.05) is 30.3 Å². The van der Waals surface area contributed by atoms with Crippen LogP contribution in [0.2, 0.25) is 5.02 Å². The second-order valence-electron chi connectivity index (χ2n) is 12.7. The summed E-state index contributed by atoms with van der Waals surface area (Å²) in [6.45, 7) is 0.476. The number of halogens is 2. The van der Waals surface area contributed by atoms with Gasteiger partial charge in [0.2, 0.25) is 11.8 Å². The first-order chi connectivity index (χ1) is 24.9. The van der Waals surface area contributed by atoms with Crippen molar-refractivity contribution in [1.29, 1.82) is 0 Å². The average Bonchev–Trinajstić information content (AvgIpc) is 3.13. The number of hydrogen-bond acceptors (Lipinski definition) is 7. The van der Waals surface area contributed by atoms with Gasteiger partial charge in [-0.3, -0.25) is 24.0 Å². The fourth-order valence-corrected chi connectivity index (χ4v) is 7.93. The summed E-state index contributed by atoms with van der Waals surface area (Å²) >= 11 is 6.35. The van der Waals surface area contributed by atoms with Crippen molar-refractivity contribution in [3.05, 3.63) is 129 Å². The highest BCUT2D eigenvalue weighted by Gasteiger charge is 2.37. The van der Waals surface area contributed by atoms with Gasteiger partial charge in [-0.1, -0.05) is 79.4 Å². The number of carbonyl (C=O) groups excluding carboxylic acids is 2. The molecule has 4 aromatic carbocycles. The molecule has 1 fully saturated rings. The molecule has 1 atom stereocenters. The molecule has 14 heteroatoms. The molecule has 1 aliphatic carbocycles. The summed E-state index contributed by atoms with van der Waals surface area (Å²) in [5, 5.41) is 15.1. The lowest BCUT2D eigenvalue weighted by Crippen LogP contribution is -2.55. The Morgan fingerprint density at radius 1 is 0.981 bits per heavy atom. The van der Waals surface area contributed by atoms with Gasteiger partial charge in [0.15, 0.2) is 0 Å². The minimum absolute atomic E-state index is 0.0587. The molecule has 5 rings (SSSR count). The molecule has 1 saturated carbocycles. The molecule has 4 aromatic rings. The number of rotatable bonds is 14. The highest BCUT2D eigenvalue weighted by molar-refractivity contribution is 7.92. The van der Waals surface area contributed by atoms with Crippen LogP contribution in [0.4, 0.5) is 15.8 Å². The number of nitro benzene ring substituents is 1. The zero-order valence-electron chi connectivity index (χ0n) is 28.8. The van der Waals surface area contributed by atoms with Gasteiger partial charge in [-0.15, -0.1) is 0 Å². The highest BCUT2D eigenvalue weighted by atomic mass is 35.5. The number of nitrogens with one attached hydrogen (secondary N) is 1. The molecule has 0 radical (unpaired) electrons. The van der Waals surface area contributed by atoms with E-state index in [1.54, 1.807) is 0 Å². The van der Waals surface area contributed by atoms with Gasteiger partial charge >= 0.3 is 0 Å². The summed E-state index contributed by atoms with van der Waals surface area (Å²) in [5.41, 5.74) is 0.980. The van der Waals surface area contributed by atoms with E-state index in [1.165, 1.54) is 73.5 Å². The molecule has 1 N–H and O–H groups in total. The highest BCUT2D eigenvalue weighted by Crippen LogP contribution is 2.36. The Bertz CT molecular complexity index is 2010. The van der Waals surface area contributed by atoms with Crippen LogP contribution in [-0.2, 0) is 32.6 Å². The average molecular weight is 751 g/mol. The number of hydrogen-bond donors (Lipinski definition) is 1. The minimum Gasteiger partial charge on any atom is -0.495 e. The second-order valence-corrected chi connectivity index (χ2v) is 15.0. The van der Waals surface area contributed by atoms with Gasteiger partial charge in [0, 0.05) is 35.7 Å². The second kappa shape index (κ2) is 17.0. The van der Waals surface area contributed by atoms with Crippen LogP contribution in [0.3, 0.4) is 0 Å². The van der Waals surface area contributed by atoms with Crippen molar-refractivity contribution in [3.63, 3.8) is 0 Å². The van der Waals surface area contributed by atoms with E-state index in [0.29, 0.717) is 5.56 Å². The Balaban J connectivity index is 1.63. The number of ether oxygens (including phenoxy) is 1. The van der Waals surface area contributed by atoms with Crippen LogP contribution in [0.15, 0.2) is 95.9 Å². The van der Waals surface area contributed by atoms with E-state index in [-0.39, 0.29) is 41.0 Å². The Morgan fingerprint density at radius 2 is 1.67 bits per heavy atom. The van der Waals surface area contributed by atoms with Crippen LogP contribution < -0.4 is 14.4 Å². The number of nitro groups is 1. The van der Waals surface area contributed by atoms with Crippen LogP contribution in [-0.4, -0.2) is 55.8 Å². The lowest BCUT2D eigenvalue weighted by Gasteiger charge is -2.35. The number of nitrogens with zero attached hydrogens (tertiary/aromatic N) is 3. The van der Waals surface area contributed by atoms with Crippen molar-refractivity contribution in [2.24, 2.45) is 0 Å². The number of benzene rings is 4. The van der Waals surface area contributed by atoms with Gasteiger partial charge in [-0.2, -0.15) is 0 Å². The third-order valence-electron chi connectivity index (χ3n) is 9.14. The molecule has 1 aliphatic rings. The summed E-state index contributed by atoms with van der Waals surface area (Å²) in [7, 11) is -3.40. The fraction of sp³-hybridized carbons (Fsp3) is 0.316. The summed E-state index contributed by atoms with van der Waals surface area (Å²) in [6.07, 6.45) is 4.66. The molecule has 0 aliphatic heterocycles. The summed E-state index contributed by atoms with van der Waals surface area (Å²) in [5.74, 6) is -1.61. The third-order valence-corrected chi connectivity index (χ3v) is 11.1. The van der Waals surface area contributed by atoms with E-state index in [9.17, 15) is 32.5 Å². The van der Waals surface area contributed by atoms with Crippen molar-refractivity contribution in [1.82, 2.24) is 10.2 Å². The van der Waals surface area contributed by atoms with Crippen LogP contribution in [0.5, 0.6) is 5.75 Å². The molecule has 0 spiro atoms. The van der Waals surface area contributed by atoms with Crippen LogP contribution >= 0.6 is 11.6 Å². The van der Waals surface area contributed by atoms with E-state index in [2.05, 4.69) is 5.32 Å². The zero-order chi connectivity index (χ0) is 37.4. The first-order valence-electron chi connectivity index (χ1n) is 16.9.